The fourth-order valence-electron chi connectivity index (χ4n) is 1.91. The van der Waals surface area contributed by atoms with Gasteiger partial charge in [0.05, 0.1) is 24.9 Å². The van der Waals surface area contributed by atoms with Crippen LogP contribution in [0.5, 0.6) is 11.5 Å². The largest absolute Gasteiger partial charge is 0.495 e. The number of nitrogens with zero attached hydrogens (tertiary/aromatic N) is 1. The van der Waals surface area contributed by atoms with Crippen LogP contribution in [0.4, 0.5) is 5.69 Å². The van der Waals surface area contributed by atoms with Gasteiger partial charge in [0, 0.05) is 31.1 Å². The highest BCUT2D eigenvalue weighted by Crippen LogP contribution is 2.36. The molecule has 0 atom stereocenters. The van der Waals surface area contributed by atoms with E-state index in [0.29, 0.717) is 23.1 Å². The van der Waals surface area contributed by atoms with Gasteiger partial charge in [-0.15, -0.1) is 0 Å². The zero-order chi connectivity index (χ0) is 14.5. The average Bonchev–Trinajstić information content (AvgIpc) is 2.45. The molecule has 1 heterocycles. The molecule has 1 N–H and O–H groups in total. The van der Waals surface area contributed by atoms with Crippen LogP contribution in [0.25, 0.3) is 0 Å². The number of aryl methyl sites for hydroxylation is 1. The molecule has 5 heteroatoms. The first-order valence-electron chi connectivity index (χ1n) is 6.20. The van der Waals surface area contributed by atoms with Crippen molar-refractivity contribution in [1.29, 1.82) is 0 Å². The number of benzene rings is 1. The first-order chi connectivity index (χ1) is 9.63. The summed E-state index contributed by atoms with van der Waals surface area (Å²) in [7, 11) is 3.19. The van der Waals surface area contributed by atoms with Gasteiger partial charge in [-0.25, -0.2) is 0 Å². The third-order valence-corrected chi connectivity index (χ3v) is 3.18. The molecule has 2 aromatic rings. The minimum absolute atomic E-state index is 0.520. The van der Waals surface area contributed by atoms with E-state index in [2.05, 4.69) is 16.4 Å². The van der Waals surface area contributed by atoms with Gasteiger partial charge in [-0.1, -0.05) is 17.7 Å². The molecule has 0 amide bonds. The summed E-state index contributed by atoms with van der Waals surface area (Å²) in [6, 6.07) is 5.64. The summed E-state index contributed by atoms with van der Waals surface area (Å²) in [5, 5.41) is 3.83. The van der Waals surface area contributed by atoms with E-state index in [4.69, 9.17) is 21.1 Å². The molecule has 106 valence electrons. The smallest absolute Gasteiger partial charge is 0.143 e. The van der Waals surface area contributed by atoms with Crippen molar-refractivity contribution in [3.05, 3.63) is 46.7 Å². The number of aromatic nitrogens is 1. The predicted octanol–water partition coefficient (Wildman–Crippen LogP) is 3.67. The quantitative estimate of drug-likeness (QED) is 0.913. The number of ether oxygens (including phenoxy) is 2. The van der Waals surface area contributed by atoms with Crippen LogP contribution >= 0.6 is 11.6 Å². The van der Waals surface area contributed by atoms with E-state index in [1.54, 1.807) is 20.3 Å². The molecule has 1 aromatic carbocycles. The maximum atomic E-state index is 6.08. The fraction of sp³-hybridized carbons (Fsp3) is 0.267. The molecule has 0 aliphatic carbocycles. The van der Waals surface area contributed by atoms with Gasteiger partial charge in [-0.3, -0.25) is 4.98 Å². The molecule has 0 aliphatic rings. The summed E-state index contributed by atoms with van der Waals surface area (Å²) in [6.45, 7) is 2.66. The number of pyridine rings is 1. The van der Waals surface area contributed by atoms with Crippen molar-refractivity contribution in [3.8, 4) is 11.5 Å². The highest BCUT2D eigenvalue weighted by Gasteiger charge is 2.09. The predicted molar refractivity (Wildman–Crippen MR) is 80.9 cm³/mol. The zero-order valence-corrected chi connectivity index (χ0v) is 12.5. The Hall–Kier alpha value is -1.94. The van der Waals surface area contributed by atoms with Crippen LogP contribution in [0.2, 0.25) is 5.02 Å². The first kappa shape index (κ1) is 14.5. The van der Waals surface area contributed by atoms with Crippen molar-refractivity contribution in [1.82, 2.24) is 4.98 Å². The van der Waals surface area contributed by atoms with E-state index >= 15 is 0 Å². The van der Waals surface area contributed by atoms with Gasteiger partial charge < -0.3 is 14.8 Å². The Labute approximate surface area is 123 Å². The summed E-state index contributed by atoms with van der Waals surface area (Å²) < 4.78 is 10.5. The Balaban J connectivity index is 2.20. The van der Waals surface area contributed by atoms with Crippen LogP contribution in [-0.2, 0) is 6.54 Å². The number of nitrogens with one attached hydrogen (secondary N) is 1. The number of anilines is 1. The number of methoxy groups -OCH3 is 2. The normalized spacial score (nSPS) is 10.2. The molecule has 2 rings (SSSR count). The lowest BCUT2D eigenvalue weighted by Gasteiger charge is -2.14. The lowest BCUT2D eigenvalue weighted by atomic mass is 10.2. The molecule has 0 fully saturated rings. The van der Waals surface area contributed by atoms with Crippen LogP contribution in [-0.4, -0.2) is 19.2 Å². The molecule has 20 heavy (non-hydrogen) atoms. The Morgan fingerprint density at radius 1 is 1.10 bits per heavy atom. The van der Waals surface area contributed by atoms with Crippen LogP contribution in [0, 0.1) is 6.92 Å². The Bertz CT molecular complexity index is 602. The van der Waals surface area contributed by atoms with E-state index in [9.17, 15) is 0 Å². The molecule has 0 radical (unpaired) electrons. The van der Waals surface area contributed by atoms with Crippen molar-refractivity contribution in [2.75, 3.05) is 19.5 Å². The van der Waals surface area contributed by atoms with Crippen molar-refractivity contribution in [2.45, 2.75) is 13.5 Å². The van der Waals surface area contributed by atoms with Crippen LogP contribution in [0.15, 0.2) is 30.6 Å². The molecule has 0 saturated heterocycles. The molecule has 1 aromatic heterocycles. The van der Waals surface area contributed by atoms with Crippen molar-refractivity contribution in [2.24, 2.45) is 0 Å². The van der Waals surface area contributed by atoms with E-state index in [1.165, 1.54) is 0 Å². The van der Waals surface area contributed by atoms with Crippen LogP contribution < -0.4 is 14.8 Å². The summed E-state index contributed by atoms with van der Waals surface area (Å²) >= 11 is 6.08. The summed E-state index contributed by atoms with van der Waals surface area (Å²) in [6.07, 6.45) is 3.66. The minimum atomic E-state index is 0.520. The van der Waals surface area contributed by atoms with Gasteiger partial charge in [0.25, 0.3) is 0 Å². The Morgan fingerprint density at radius 2 is 1.85 bits per heavy atom. The number of halogens is 1. The van der Waals surface area contributed by atoms with Gasteiger partial charge >= 0.3 is 0 Å². The zero-order valence-electron chi connectivity index (χ0n) is 11.7. The molecule has 4 nitrogen and oxygen atoms in total. The molecular formula is C15H17ClN2O2. The molecule has 0 saturated carbocycles. The highest BCUT2D eigenvalue weighted by atomic mass is 35.5. The molecule has 0 spiro atoms. The van der Waals surface area contributed by atoms with Gasteiger partial charge in [0.2, 0.25) is 0 Å². The van der Waals surface area contributed by atoms with E-state index < -0.39 is 0 Å². The molecule has 0 bridgehead atoms. The van der Waals surface area contributed by atoms with Crippen molar-refractivity contribution < 1.29 is 9.47 Å². The summed E-state index contributed by atoms with van der Waals surface area (Å²) in [4.78, 5) is 4.17. The van der Waals surface area contributed by atoms with Gasteiger partial charge in [0.15, 0.2) is 0 Å². The van der Waals surface area contributed by atoms with E-state index in [-0.39, 0.29) is 0 Å². The highest BCUT2D eigenvalue weighted by molar-refractivity contribution is 6.32. The van der Waals surface area contributed by atoms with E-state index in [0.717, 1.165) is 16.8 Å². The van der Waals surface area contributed by atoms with Crippen molar-refractivity contribution >= 4 is 17.3 Å². The van der Waals surface area contributed by atoms with Gasteiger partial charge in [0.1, 0.15) is 11.5 Å². The van der Waals surface area contributed by atoms with Gasteiger partial charge in [-0.2, -0.15) is 0 Å². The van der Waals surface area contributed by atoms with Crippen LogP contribution in [0.3, 0.4) is 0 Å². The molecule has 0 unspecified atom stereocenters. The third kappa shape index (κ3) is 3.33. The topological polar surface area (TPSA) is 43.4 Å². The number of hydrogen-bond donors (Lipinski definition) is 1. The minimum Gasteiger partial charge on any atom is -0.495 e. The first-order valence-corrected chi connectivity index (χ1v) is 6.57. The second-order valence-electron chi connectivity index (χ2n) is 4.41. The maximum Gasteiger partial charge on any atom is 0.143 e. The monoisotopic (exact) mass is 292 g/mol. The lowest BCUT2D eigenvalue weighted by Crippen LogP contribution is -2.02. The fourth-order valence-corrected chi connectivity index (χ4v) is 2.14. The Kier molecular flexibility index (Phi) is 4.69. The number of hydrogen-bond acceptors (Lipinski definition) is 4. The Morgan fingerprint density at radius 3 is 2.50 bits per heavy atom. The second-order valence-corrected chi connectivity index (χ2v) is 4.82. The SMILES string of the molecule is COc1cc(NCc2cncc(C)c2)c(OC)cc1Cl. The maximum absolute atomic E-state index is 6.08. The molecule has 0 aliphatic heterocycles. The summed E-state index contributed by atoms with van der Waals surface area (Å²) in [5.41, 5.74) is 3.06. The average molecular weight is 293 g/mol. The van der Waals surface area contributed by atoms with Crippen molar-refractivity contribution in [3.63, 3.8) is 0 Å². The standard InChI is InChI=1S/C15H17ClN2O2/c1-10-4-11(8-17-7-10)9-18-13-6-14(19-2)12(16)5-15(13)20-3/h4-8,18H,9H2,1-3H3. The van der Waals surface area contributed by atoms with Crippen LogP contribution in [0.1, 0.15) is 11.1 Å². The second kappa shape index (κ2) is 6.48. The van der Waals surface area contributed by atoms with Gasteiger partial charge in [-0.05, 0) is 18.1 Å². The summed E-state index contributed by atoms with van der Waals surface area (Å²) in [5.74, 6) is 1.29. The number of rotatable bonds is 5. The third-order valence-electron chi connectivity index (χ3n) is 2.89. The van der Waals surface area contributed by atoms with E-state index in [1.807, 2.05) is 25.4 Å². The molecular weight excluding hydrogens is 276 g/mol. The lowest BCUT2D eigenvalue weighted by molar-refractivity contribution is 0.404.